The van der Waals surface area contributed by atoms with Gasteiger partial charge in [0.25, 0.3) is 0 Å². The summed E-state index contributed by atoms with van der Waals surface area (Å²) in [4.78, 5) is 9.79. The fraction of sp³-hybridized carbons (Fsp3) is 0.125. The van der Waals surface area contributed by atoms with E-state index in [-0.39, 0.29) is 0 Å². The summed E-state index contributed by atoms with van der Waals surface area (Å²) in [6.45, 7) is 15.4. The first-order valence-electron chi connectivity index (χ1n) is 18.1. The fourth-order valence-corrected chi connectivity index (χ4v) is 7.72. The molecule has 9 aromatic rings. The normalized spacial score (nSPS) is 10.6. The van der Waals surface area contributed by atoms with Crippen LogP contribution in [0.4, 0.5) is 0 Å². The van der Waals surface area contributed by atoms with Crippen molar-refractivity contribution in [1.29, 1.82) is 0 Å². The Morgan fingerprint density at radius 1 is 0.596 bits per heavy atom. The zero-order chi connectivity index (χ0) is 36.6. The Labute approximate surface area is 311 Å². The quantitative estimate of drug-likeness (QED) is 0.172. The van der Waals surface area contributed by atoms with Crippen LogP contribution in [-0.2, 0) is 0 Å². The predicted octanol–water partition coefficient (Wildman–Crippen LogP) is 15.0. The van der Waals surface area contributed by atoms with E-state index in [1.165, 1.54) is 36.9 Å². The summed E-state index contributed by atoms with van der Waals surface area (Å²) in [6, 6.07) is 46.9. The molecule has 3 nitrogen and oxygen atoms in total. The molecule has 0 spiro atoms. The second-order valence-corrected chi connectivity index (χ2v) is 12.9. The van der Waals surface area contributed by atoms with Gasteiger partial charge in [0.1, 0.15) is 11.2 Å². The van der Waals surface area contributed by atoms with Crippen LogP contribution in [0.3, 0.4) is 0 Å². The maximum Gasteiger partial charge on any atom is 0.159 e. The summed E-state index contributed by atoms with van der Waals surface area (Å²) in [5, 5.41) is 4.86. The summed E-state index contributed by atoms with van der Waals surface area (Å²) in [5.74, 6) is 0.710. The van der Waals surface area contributed by atoms with Crippen LogP contribution in [0.1, 0.15) is 40.2 Å². The molecule has 0 aliphatic heterocycles. The van der Waals surface area contributed by atoms with Gasteiger partial charge in [0, 0.05) is 53.8 Å². The zero-order valence-corrected chi connectivity index (χ0v) is 31.6. The molecular formula is C48H44N2OS. The number of aryl methyl sites for hydroxylation is 1. The Morgan fingerprint density at radius 2 is 1.25 bits per heavy atom. The van der Waals surface area contributed by atoms with Gasteiger partial charge in [0.15, 0.2) is 5.82 Å². The van der Waals surface area contributed by atoms with Crippen LogP contribution in [0.25, 0.3) is 87.0 Å². The molecule has 0 saturated heterocycles. The highest BCUT2D eigenvalue weighted by molar-refractivity contribution is 7.26. The molecule has 258 valence electrons. The van der Waals surface area contributed by atoms with E-state index in [4.69, 9.17) is 14.4 Å². The monoisotopic (exact) mass is 696 g/mol. The van der Waals surface area contributed by atoms with Gasteiger partial charge in [0.05, 0.1) is 5.69 Å². The van der Waals surface area contributed by atoms with Crippen molar-refractivity contribution in [1.82, 2.24) is 9.97 Å². The van der Waals surface area contributed by atoms with Gasteiger partial charge >= 0.3 is 0 Å². The van der Waals surface area contributed by atoms with Crippen molar-refractivity contribution in [3.05, 3.63) is 158 Å². The summed E-state index contributed by atoms with van der Waals surface area (Å²) in [6.07, 6.45) is 3.61. The highest BCUT2D eigenvalue weighted by Gasteiger charge is 2.15. The Bertz CT molecular complexity index is 2630. The molecule has 0 fully saturated rings. The number of hydrogen-bond acceptors (Lipinski definition) is 4. The molecular weight excluding hydrogens is 653 g/mol. The second-order valence-electron chi connectivity index (χ2n) is 11.8. The molecule has 3 heterocycles. The van der Waals surface area contributed by atoms with Crippen molar-refractivity contribution in [2.75, 3.05) is 0 Å². The lowest BCUT2D eigenvalue weighted by atomic mass is 9.96. The van der Waals surface area contributed by atoms with Crippen LogP contribution in [0.5, 0.6) is 0 Å². The summed E-state index contributed by atoms with van der Waals surface area (Å²) >= 11 is 1.86. The van der Waals surface area contributed by atoms with Gasteiger partial charge < -0.3 is 4.42 Å². The van der Waals surface area contributed by atoms with Gasteiger partial charge in [0.2, 0.25) is 0 Å². The number of allylic oxidation sites excluding steroid dienone is 1. The van der Waals surface area contributed by atoms with E-state index >= 15 is 0 Å². The molecule has 0 radical (unpaired) electrons. The number of para-hydroxylation sites is 2. The Kier molecular flexibility index (Phi) is 11.4. The predicted molar refractivity (Wildman–Crippen MR) is 227 cm³/mol. The first kappa shape index (κ1) is 36.0. The Hall–Kier alpha value is -5.84. The van der Waals surface area contributed by atoms with Gasteiger partial charge in [-0.1, -0.05) is 137 Å². The van der Waals surface area contributed by atoms with E-state index in [2.05, 4.69) is 129 Å². The number of fused-ring (bicyclic) bond motifs is 6. The van der Waals surface area contributed by atoms with E-state index in [0.29, 0.717) is 5.82 Å². The van der Waals surface area contributed by atoms with E-state index in [1.54, 1.807) is 6.08 Å². The highest BCUT2D eigenvalue weighted by atomic mass is 32.1. The minimum absolute atomic E-state index is 0.710. The molecule has 0 saturated carbocycles. The third-order valence-corrected chi connectivity index (χ3v) is 9.94. The lowest BCUT2D eigenvalue weighted by Gasteiger charge is -2.11. The minimum Gasteiger partial charge on any atom is -0.455 e. The standard InChI is InChI=1S/C41H26N2OS.C3H6.2C2H6/c1-25-19-20-28(24-35(25)34-16-8-15-33-31-12-3-5-18-38(31)45-40(33)34)41-42-22-21-36(43-41)27-10-6-9-26(23-27)29-13-7-14-32-30-11-2-4-17-37(30)44-39(29)32;1-3-2;2*1-2/h2-24H,1H3;3H,1H2,2H3;2*1-2H3. The van der Waals surface area contributed by atoms with Gasteiger partial charge in [-0.15, -0.1) is 17.9 Å². The van der Waals surface area contributed by atoms with Crippen molar-refractivity contribution in [2.45, 2.75) is 41.5 Å². The van der Waals surface area contributed by atoms with Crippen LogP contribution >= 0.6 is 11.3 Å². The smallest absolute Gasteiger partial charge is 0.159 e. The highest BCUT2D eigenvalue weighted by Crippen LogP contribution is 2.42. The SMILES string of the molecule is C=CC.CC.CC.Cc1ccc(-c2nccc(-c3cccc(-c4cccc5c4oc4ccccc45)c3)n2)cc1-c1cccc2c1sc1ccccc12. The first-order chi connectivity index (χ1) is 25.6. The van der Waals surface area contributed by atoms with Crippen LogP contribution < -0.4 is 0 Å². The number of hydrogen-bond donors (Lipinski definition) is 0. The van der Waals surface area contributed by atoms with Crippen LogP contribution in [0, 0.1) is 6.92 Å². The van der Waals surface area contributed by atoms with E-state index in [1.807, 2.05) is 70.4 Å². The first-order valence-corrected chi connectivity index (χ1v) is 18.9. The van der Waals surface area contributed by atoms with Gasteiger partial charge in [-0.3, -0.25) is 0 Å². The van der Waals surface area contributed by atoms with E-state index in [9.17, 15) is 0 Å². The number of benzene rings is 6. The molecule has 0 unspecified atom stereocenters. The average Bonchev–Trinajstić information content (AvgIpc) is 3.79. The number of nitrogens with zero attached hydrogens (tertiary/aromatic N) is 2. The molecule has 0 aliphatic rings. The van der Waals surface area contributed by atoms with Crippen LogP contribution in [0.15, 0.2) is 157 Å². The van der Waals surface area contributed by atoms with Gasteiger partial charge in [-0.25, -0.2) is 9.97 Å². The topological polar surface area (TPSA) is 38.9 Å². The van der Waals surface area contributed by atoms with Crippen molar-refractivity contribution in [2.24, 2.45) is 0 Å². The molecule has 6 aromatic carbocycles. The maximum absolute atomic E-state index is 6.34. The number of thiophene rings is 1. The molecule has 0 atom stereocenters. The molecule has 52 heavy (non-hydrogen) atoms. The largest absolute Gasteiger partial charge is 0.455 e. The second kappa shape index (κ2) is 16.5. The van der Waals surface area contributed by atoms with Crippen molar-refractivity contribution in [3.8, 4) is 44.9 Å². The Morgan fingerprint density at radius 3 is 2.06 bits per heavy atom. The number of aromatic nitrogens is 2. The van der Waals surface area contributed by atoms with Crippen molar-refractivity contribution >= 4 is 53.4 Å². The molecule has 0 aliphatic carbocycles. The minimum atomic E-state index is 0.710. The van der Waals surface area contributed by atoms with E-state index < -0.39 is 0 Å². The molecule has 9 rings (SSSR count). The average molecular weight is 697 g/mol. The molecule has 3 aromatic heterocycles. The summed E-state index contributed by atoms with van der Waals surface area (Å²) < 4.78 is 8.96. The third kappa shape index (κ3) is 6.90. The molecule has 0 amide bonds. The third-order valence-electron chi connectivity index (χ3n) is 8.72. The Balaban J connectivity index is 0.000000623. The van der Waals surface area contributed by atoms with Crippen molar-refractivity contribution in [3.63, 3.8) is 0 Å². The lowest BCUT2D eigenvalue weighted by Crippen LogP contribution is -1.93. The number of furan rings is 1. The number of rotatable bonds is 4. The summed E-state index contributed by atoms with van der Waals surface area (Å²) in [7, 11) is 0. The zero-order valence-electron chi connectivity index (χ0n) is 30.8. The van der Waals surface area contributed by atoms with Crippen LogP contribution in [-0.4, -0.2) is 9.97 Å². The van der Waals surface area contributed by atoms with E-state index in [0.717, 1.165) is 49.9 Å². The summed E-state index contributed by atoms with van der Waals surface area (Å²) in [5.41, 5.74) is 10.6. The van der Waals surface area contributed by atoms with Gasteiger partial charge in [-0.05, 0) is 66.4 Å². The van der Waals surface area contributed by atoms with Crippen molar-refractivity contribution < 1.29 is 4.42 Å². The molecule has 0 N–H and O–H groups in total. The fourth-order valence-electron chi connectivity index (χ4n) is 6.49. The molecule has 0 bridgehead atoms. The van der Waals surface area contributed by atoms with Gasteiger partial charge in [-0.2, -0.15) is 0 Å². The maximum atomic E-state index is 6.34. The molecule has 4 heteroatoms. The lowest BCUT2D eigenvalue weighted by molar-refractivity contribution is 0.670. The van der Waals surface area contributed by atoms with Crippen LogP contribution in [0.2, 0.25) is 0 Å².